The molecule has 0 bridgehead atoms. The van der Waals surface area contributed by atoms with E-state index in [-0.39, 0.29) is 17.4 Å². The van der Waals surface area contributed by atoms with Crippen molar-refractivity contribution in [1.82, 2.24) is 0 Å². The van der Waals surface area contributed by atoms with Crippen molar-refractivity contribution >= 4 is 17.6 Å². The number of piperidine rings is 1. The van der Waals surface area contributed by atoms with Crippen molar-refractivity contribution < 1.29 is 14.7 Å². The van der Waals surface area contributed by atoms with E-state index in [1.165, 1.54) is 18.5 Å². The topological polar surface area (TPSA) is 83.6 Å². The number of carbonyl (C=O) groups excluding carboxylic acids is 1. The van der Waals surface area contributed by atoms with E-state index in [9.17, 15) is 14.7 Å². The number of amides is 1. The Morgan fingerprint density at radius 3 is 2.30 bits per heavy atom. The maximum absolute atomic E-state index is 12.6. The maximum atomic E-state index is 12.6. The second-order valence-electron chi connectivity index (χ2n) is 8.43. The van der Waals surface area contributed by atoms with Crippen LogP contribution in [0.4, 0.5) is 5.69 Å². The molecule has 160 valence electrons. The van der Waals surface area contributed by atoms with E-state index in [0.717, 1.165) is 43.0 Å². The van der Waals surface area contributed by atoms with Crippen LogP contribution in [0.15, 0.2) is 48.5 Å². The number of carboxylic acids is 1. The fourth-order valence-corrected chi connectivity index (χ4v) is 4.58. The second-order valence-corrected chi connectivity index (χ2v) is 8.43. The molecule has 2 unspecified atom stereocenters. The summed E-state index contributed by atoms with van der Waals surface area (Å²) in [6, 6.07) is 14.9. The highest BCUT2D eigenvalue weighted by molar-refractivity contribution is 5.88. The summed E-state index contributed by atoms with van der Waals surface area (Å²) in [5, 5.41) is 9.20. The van der Waals surface area contributed by atoms with Crippen molar-refractivity contribution in [2.75, 3.05) is 18.0 Å². The van der Waals surface area contributed by atoms with Gasteiger partial charge in [0.1, 0.15) is 0 Å². The fourth-order valence-electron chi connectivity index (χ4n) is 4.58. The van der Waals surface area contributed by atoms with E-state index in [2.05, 4.69) is 36.9 Å². The van der Waals surface area contributed by atoms with Gasteiger partial charge < -0.3 is 15.7 Å². The van der Waals surface area contributed by atoms with Gasteiger partial charge in [0.15, 0.2) is 0 Å². The van der Waals surface area contributed by atoms with E-state index >= 15 is 0 Å². The summed E-state index contributed by atoms with van der Waals surface area (Å²) in [5.41, 5.74) is 9.23. The minimum absolute atomic E-state index is 0.0567. The zero-order valence-corrected chi connectivity index (χ0v) is 17.9. The normalized spacial score (nSPS) is 16.8. The van der Waals surface area contributed by atoms with Gasteiger partial charge in [-0.3, -0.25) is 4.79 Å². The summed E-state index contributed by atoms with van der Waals surface area (Å²) in [6.45, 7) is 6.45. The summed E-state index contributed by atoms with van der Waals surface area (Å²) in [4.78, 5) is 26.3. The van der Waals surface area contributed by atoms with Crippen molar-refractivity contribution in [3.8, 4) is 0 Å². The number of nitrogens with zero attached hydrogens (tertiary/aromatic N) is 1. The van der Waals surface area contributed by atoms with Crippen LogP contribution in [0.5, 0.6) is 0 Å². The highest BCUT2D eigenvalue weighted by Gasteiger charge is 2.32. The van der Waals surface area contributed by atoms with Gasteiger partial charge in [-0.2, -0.15) is 0 Å². The molecule has 2 atom stereocenters. The average Bonchev–Trinajstić information content (AvgIpc) is 2.74. The number of hydrogen-bond donors (Lipinski definition) is 2. The summed E-state index contributed by atoms with van der Waals surface area (Å²) < 4.78 is 0. The third kappa shape index (κ3) is 4.84. The molecule has 0 saturated carbocycles. The van der Waals surface area contributed by atoms with E-state index in [1.807, 2.05) is 6.07 Å². The first-order chi connectivity index (χ1) is 14.4. The fraction of sp³-hybridized carbons (Fsp3) is 0.440. The van der Waals surface area contributed by atoms with Gasteiger partial charge in [0.2, 0.25) is 5.91 Å². The number of benzene rings is 2. The summed E-state index contributed by atoms with van der Waals surface area (Å²) in [5.74, 6) is -1.17. The summed E-state index contributed by atoms with van der Waals surface area (Å²) in [6.07, 6.45) is 4.09. The number of nitrogens with two attached hydrogens (primary N) is 1. The summed E-state index contributed by atoms with van der Waals surface area (Å²) in [7, 11) is 0. The second kappa shape index (κ2) is 9.79. The molecule has 2 aromatic rings. The van der Waals surface area contributed by atoms with E-state index in [0.29, 0.717) is 0 Å². The monoisotopic (exact) mass is 408 g/mol. The maximum Gasteiger partial charge on any atom is 0.335 e. The van der Waals surface area contributed by atoms with Crippen LogP contribution in [0, 0.1) is 5.92 Å². The average molecular weight is 409 g/mol. The number of hydrogen-bond acceptors (Lipinski definition) is 3. The SMILES string of the molecule is CCCC(c1ccccc1N1CCC(C)CC1)C(C(N)=O)c1ccc(C(=O)O)cc1. The van der Waals surface area contributed by atoms with E-state index in [1.54, 1.807) is 24.3 Å². The van der Waals surface area contributed by atoms with Crippen LogP contribution in [0.25, 0.3) is 0 Å². The number of anilines is 1. The van der Waals surface area contributed by atoms with Crippen molar-refractivity contribution in [3.63, 3.8) is 0 Å². The van der Waals surface area contributed by atoms with Gasteiger partial charge in [-0.15, -0.1) is 0 Å². The molecule has 0 spiro atoms. The Kier molecular flexibility index (Phi) is 7.14. The molecule has 1 aliphatic heterocycles. The molecule has 1 aliphatic rings. The molecule has 3 rings (SSSR count). The first-order valence-electron chi connectivity index (χ1n) is 10.9. The van der Waals surface area contributed by atoms with Crippen LogP contribution in [0.3, 0.4) is 0 Å². The molecule has 5 heteroatoms. The zero-order chi connectivity index (χ0) is 21.7. The lowest BCUT2D eigenvalue weighted by Gasteiger charge is -2.36. The number of carbonyl (C=O) groups is 2. The Morgan fingerprint density at radius 2 is 1.73 bits per heavy atom. The molecule has 1 amide bonds. The Bertz CT molecular complexity index is 870. The van der Waals surface area contributed by atoms with Crippen molar-refractivity contribution in [3.05, 3.63) is 65.2 Å². The van der Waals surface area contributed by atoms with Gasteiger partial charge in [-0.1, -0.05) is 50.6 Å². The standard InChI is InChI=1S/C25H32N2O3/c1-3-6-21(23(24(26)28)18-9-11-19(12-10-18)25(29)30)20-7-4-5-8-22(20)27-15-13-17(2)14-16-27/h4-5,7-12,17,21,23H,3,6,13-16H2,1-2H3,(H2,26,28)(H,29,30). The zero-order valence-electron chi connectivity index (χ0n) is 17.9. The van der Waals surface area contributed by atoms with E-state index < -0.39 is 11.9 Å². The Balaban J connectivity index is 2.01. The molecule has 5 nitrogen and oxygen atoms in total. The lowest BCUT2D eigenvalue weighted by atomic mass is 9.77. The lowest BCUT2D eigenvalue weighted by molar-refractivity contribution is -0.120. The predicted octanol–water partition coefficient (Wildman–Crippen LogP) is 4.77. The largest absolute Gasteiger partial charge is 0.478 e. The van der Waals surface area contributed by atoms with Crippen LogP contribution in [0.2, 0.25) is 0 Å². The van der Waals surface area contributed by atoms with Crippen LogP contribution >= 0.6 is 0 Å². The minimum atomic E-state index is -0.980. The first kappa shape index (κ1) is 21.9. The number of carboxylic acid groups (broad SMARTS) is 1. The quantitative estimate of drug-likeness (QED) is 0.659. The molecule has 1 heterocycles. The Labute approximate surface area is 178 Å². The minimum Gasteiger partial charge on any atom is -0.478 e. The van der Waals surface area contributed by atoms with Crippen molar-refractivity contribution in [2.24, 2.45) is 11.7 Å². The van der Waals surface area contributed by atoms with Crippen LogP contribution in [-0.2, 0) is 4.79 Å². The molecule has 2 aromatic carbocycles. The highest BCUT2D eigenvalue weighted by atomic mass is 16.4. The predicted molar refractivity (Wildman–Crippen MR) is 120 cm³/mol. The molecule has 30 heavy (non-hydrogen) atoms. The third-order valence-corrected chi connectivity index (χ3v) is 6.29. The van der Waals surface area contributed by atoms with Gasteiger partial charge in [-0.05, 0) is 54.5 Å². The molecule has 1 saturated heterocycles. The number of primary amides is 1. The van der Waals surface area contributed by atoms with Gasteiger partial charge >= 0.3 is 5.97 Å². The third-order valence-electron chi connectivity index (χ3n) is 6.29. The lowest BCUT2D eigenvalue weighted by Crippen LogP contribution is -2.34. The van der Waals surface area contributed by atoms with Crippen molar-refractivity contribution in [1.29, 1.82) is 0 Å². The van der Waals surface area contributed by atoms with Crippen LogP contribution in [-0.4, -0.2) is 30.1 Å². The Morgan fingerprint density at radius 1 is 1.10 bits per heavy atom. The number of aromatic carboxylic acids is 1. The Hall–Kier alpha value is -2.82. The van der Waals surface area contributed by atoms with Gasteiger partial charge in [0, 0.05) is 24.7 Å². The molecule has 0 aromatic heterocycles. The smallest absolute Gasteiger partial charge is 0.335 e. The molecule has 1 fully saturated rings. The van der Waals surface area contributed by atoms with Gasteiger partial charge in [-0.25, -0.2) is 4.79 Å². The highest BCUT2D eigenvalue weighted by Crippen LogP contribution is 2.41. The van der Waals surface area contributed by atoms with Crippen molar-refractivity contribution in [2.45, 2.75) is 51.4 Å². The van der Waals surface area contributed by atoms with Crippen LogP contribution in [0.1, 0.15) is 72.9 Å². The molecule has 0 aliphatic carbocycles. The van der Waals surface area contributed by atoms with Gasteiger partial charge in [0.25, 0.3) is 0 Å². The molecular formula is C25H32N2O3. The molecular weight excluding hydrogens is 376 g/mol. The molecule has 3 N–H and O–H groups in total. The number of rotatable bonds is 8. The number of para-hydroxylation sites is 1. The van der Waals surface area contributed by atoms with Gasteiger partial charge in [0.05, 0.1) is 11.5 Å². The van der Waals surface area contributed by atoms with E-state index in [4.69, 9.17) is 5.73 Å². The summed E-state index contributed by atoms with van der Waals surface area (Å²) >= 11 is 0. The first-order valence-corrected chi connectivity index (χ1v) is 10.9. The molecule has 0 radical (unpaired) electrons. The van der Waals surface area contributed by atoms with Crippen LogP contribution < -0.4 is 10.6 Å².